The van der Waals surface area contributed by atoms with Crippen LogP contribution in [0.15, 0.2) is 23.3 Å². The maximum atomic E-state index is 11.8. The SMILES string of the molecule is COC(=O)C(NCCN=[N+]=[N-])c1ccc(OC)c(C)c1. The summed E-state index contributed by atoms with van der Waals surface area (Å²) >= 11 is 0. The largest absolute Gasteiger partial charge is 0.496 e. The number of hydrogen-bond acceptors (Lipinski definition) is 5. The average molecular weight is 278 g/mol. The fourth-order valence-electron chi connectivity index (χ4n) is 1.84. The maximum absolute atomic E-state index is 11.8. The number of carbonyl (C=O) groups excluding carboxylic acids is 1. The summed E-state index contributed by atoms with van der Waals surface area (Å²) in [5, 5.41) is 6.42. The molecule has 0 spiro atoms. The van der Waals surface area contributed by atoms with E-state index in [4.69, 9.17) is 15.0 Å². The van der Waals surface area contributed by atoms with Gasteiger partial charge < -0.3 is 14.8 Å². The minimum Gasteiger partial charge on any atom is -0.496 e. The first-order chi connectivity index (χ1) is 9.63. The lowest BCUT2D eigenvalue weighted by molar-refractivity contribution is -0.143. The number of azide groups is 1. The van der Waals surface area contributed by atoms with Gasteiger partial charge in [-0.05, 0) is 29.6 Å². The Morgan fingerprint density at radius 2 is 2.25 bits per heavy atom. The van der Waals surface area contributed by atoms with E-state index in [9.17, 15) is 4.79 Å². The smallest absolute Gasteiger partial charge is 0.327 e. The van der Waals surface area contributed by atoms with Crippen LogP contribution < -0.4 is 10.1 Å². The molecule has 0 fully saturated rings. The van der Waals surface area contributed by atoms with Crippen molar-refractivity contribution >= 4 is 5.97 Å². The van der Waals surface area contributed by atoms with Gasteiger partial charge in [0.2, 0.25) is 0 Å². The highest BCUT2D eigenvalue weighted by atomic mass is 16.5. The van der Waals surface area contributed by atoms with Crippen molar-refractivity contribution < 1.29 is 14.3 Å². The zero-order chi connectivity index (χ0) is 15.0. The number of nitrogens with zero attached hydrogens (tertiary/aromatic N) is 3. The number of esters is 1. The van der Waals surface area contributed by atoms with Crippen molar-refractivity contribution in [3.05, 3.63) is 39.8 Å². The standard InChI is InChI=1S/C13H18N4O3/c1-9-8-10(4-5-11(9)19-2)12(13(18)20-3)15-6-7-16-17-14/h4-5,8,12,15H,6-7H2,1-3H3. The molecule has 0 aliphatic rings. The van der Waals surface area contributed by atoms with Crippen molar-refractivity contribution in [2.45, 2.75) is 13.0 Å². The molecule has 1 atom stereocenters. The first kappa shape index (κ1) is 15.8. The maximum Gasteiger partial charge on any atom is 0.327 e. The van der Waals surface area contributed by atoms with Crippen molar-refractivity contribution in [1.82, 2.24) is 5.32 Å². The molecule has 1 unspecified atom stereocenters. The first-order valence-corrected chi connectivity index (χ1v) is 6.10. The van der Waals surface area contributed by atoms with E-state index < -0.39 is 12.0 Å². The summed E-state index contributed by atoms with van der Waals surface area (Å²) in [4.78, 5) is 14.5. The predicted molar refractivity (Wildman–Crippen MR) is 74.5 cm³/mol. The third-order valence-electron chi connectivity index (χ3n) is 2.81. The summed E-state index contributed by atoms with van der Waals surface area (Å²) in [5.41, 5.74) is 9.92. The zero-order valence-electron chi connectivity index (χ0n) is 11.8. The molecular formula is C13H18N4O3. The molecular weight excluding hydrogens is 260 g/mol. The number of ether oxygens (including phenoxy) is 2. The molecule has 0 bridgehead atoms. The summed E-state index contributed by atoms with van der Waals surface area (Å²) in [6.45, 7) is 2.55. The first-order valence-electron chi connectivity index (χ1n) is 6.10. The molecule has 108 valence electrons. The monoisotopic (exact) mass is 278 g/mol. The quantitative estimate of drug-likeness (QED) is 0.271. The van der Waals surface area contributed by atoms with E-state index in [2.05, 4.69) is 15.3 Å². The normalized spacial score (nSPS) is 11.3. The van der Waals surface area contributed by atoms with Crippen LogP contribution in [0.2, 0.25) is 0 Å². The fraction of sp³-hybridized carbons (Fsp3) is 0.462. The van der Waals surface area contributed by atoms with E-state index in [1.165, 1.54) is 7.11 Å². The third kappa shape index (κ3) is 4.15. The average Bonchev–Trinajstić information content (AvgIpc) is 2.46. The molecule has 1 N–H and O–H groups in total. The molecule has 0 aliphatic heterocycles. The number of hydrogen-bond donors (Lipinski definition) is 1. The molecule has 0 aliphatic carbocycles. The lowest BCUT2D eigenvalue weighted by Crippen LogP contribution is -2.31. The Morgan fingerprint density at radius 3 is 2.80 bits per heavy atom. The van der Waals surface area contributed by atoms with E-state index in [1.54, 1.807) is 19.2 Å². The fourth-order valence-corrected chi connectivity index (χ4v) is 1.84. The van der Waals surface area contributed by atoms with E-state index in [-0.39, 0.29) is 6.54 Å². The van der Waals surface area contributed by atoms with Crippen molar-refractivity contribution in [3.63, 3.8) is 0 Å². The van der Waals surface area contributed by atoms with E-state index in [0.717, 1.165) is 16.9 Å². The highest BCUT2D eigenvalue weighted by Gasteiger charge is 2.21. The van der Waals surface area contributed by atoms with Gasteiger partial charge in [0.15, 0.2) is 0 Å². The number of nitrogens with one attached hydrogen (secondary N) is 1. The summed E-state index contributed by atoms with van der Waals surface area (Å²) < 4.78 is 9.97. The highest BCUT2D eigenvalue weighted by Crippen LogP contribution is 2.23. The van der Waals surface area contributed by atoms with Crippen LogP contribution in [0.1, 0.15) is 17.2 Å². The number of carbonyl (C=O) groups is 1. The van der Waals surface area contributed by atoms with Crippen molar-refractivity contribution in [2.75, 3.05) is 27.3 Å². The number of benzene rings is 1. The minimum absolute atomic E-state index is 0.263. The molecule has 0 aromatic heterocycles. The van der Waals surface area contributed by atoms with Crippen LogP contribution in [0.25, 0.3) is 10.4 Å². The van der Waals surface area contributed by atoms with Crippen LogP contribution in [-0.4, -0.2) is 33.3 Å². The Bertz CT molecular complexity index is 512. The summed E-state index contributed by atoms with van der Waals surface area (Å²) in [6.07, 6.45) is 0. The molecule has 1 rings (SSSR count). The van der Waals surface area contributed by atoms with E-state index >= 15 is 0 Å². The molecule has 20 heavy (non-hydrogen) atoms. The van der Waals surface area contributed by atoms with Gasteiger partial charge in [0, 0.05) is 18.0 Å². The molecule has 0 amide bonds. The number of aryl methyl sites for hydroxylation is 1. The molecule has 7 nitrogen and oxygen atoms in total. The van der Waals surface area contributed by atoms with Gasteiger partial charge in [-0.3, -0.25) is 0 Å². The lowest BCUT2D eigenvalue weighted by Gasteiger charge is -2.17. The summed E-state index contributed by atoms with van der Waals surface area (Å²) in [5.74, 6) is 0.363. The van der Waals surface area contributed by atoms with Gasteiger partial charge in [0.1, 0.15) is 11.8 Å². The Hall–Kier alpha value is -2.24. The van der Waals surface area contributed by atoms with Crippen LogP contribution in [0.5, 0.6) is 5.75 Å². The van der Waals surface area contributed by atoms with Gasteiger partial charge in [0.05, 0.1) is 14.2 Å². The van der Waals surface area contributed by atoms with Crippen molar-refractivity contribution in [2.24, 2.45) is 5.11 Å². The van der Waals surface area contributed by atoms with E-state index in [0.29, 0.717) is 6.54 Å². The van der Waals surface area contributed by atoms with E-state index in [1.807, 2.05) is 13.0 Å². The van der Waals surface area contributed by atoms with Crippen LogP contribution >= 0.6 is 0 Å². The summed E-state index contributed by atoms with van der Waals surface area (Å²) in [7, 11) is 2.93. The second-order valence-electron chi connectivity index (χ2n) is 4.09. The second-order valence-corrected chi connectivity index (χ2v) is 4.09. The molecule has 0 heterocycles. The van der Waals surface area contributed by atoms with Gasteiger partial charge in [-0.25, -0.2) is 4.79 Å². The van der Waals surface area contributed by atoms with Gasteiger partial charge in [-0.1, -0.05) is 17.2 Å². The number of rotatable bonds is 7. The molecule has 7 heteroatoms. The lowest BCUT2D eigenvalue weighted by atomic mass is 10.0. The van der Waals surface area contributed by atoms with Gasteiger partial charge >= 0.3 is 5.97 Å². The second kappa shape index (κ2) is 8.04. The summed E-state index contributed by atoms with van der Waals surface area (Å²) in [6, 6.07) is 4.86. The molecule has 0 radical (unpaired) electrons. The van der Waals surface area contributed by atoms with Gasteiger partial charge in [-0.2, -0.15) is 0 Å². The Labute approximate surface area is 117 Å². The number of methoxy groups -OCH3 is 2. The van der Waals surface area contributed by atoms with Crippen molar-refractivity contribution in [3.8, 4) is 5.75 Å². The van der Waals surface area contributed by atoms with Crippen LogP contribution in [-0.2, 0) is 9.53 Å². The van der Waals surface area contributed by atoms with Crippen LogP contribution in [0.3, 0.4) is 0 Å². The third-order valence-corrected chi connectivity index (χ3v) is 2.81. The Morgan fingerprint density at radius 1 is 1.50 bits per heavy atom. The Kier molecular flexibility index (Phi) is 6.36. The minimum atomic E-state index is -0.599. The molecule has 0 saturated heterocycles. The highest BCUT2D eigenvalue weighted by molar-refractivity contribution is 5.77. The van der Waals surface area contributed by atoms with Crippen LogP contribution in [0, 0.1) is 6.92 Å². The molecule has 1 aromatic carbocycles. The van der Waals surface area contributed by atoms with Crippen molar-refractivity contribution in [1.29, 1.82) is 0 Å². The Balaban J connectivity index is 2.89. The molecule has 0 saturated carbocycles. The van der Waals surface area contributed by atoms with Gasteiger partial charge in [-0.15, -0.1) is 0 Å². The zero-order valence-corrected chi connectivity index (χ0v) is 11.8. The van der Waals surface area contributed by atoms with Crippen LogP contribution in [0.4, 0.5) is 0 Å². The van der Waals surface area contributed by atoms with Gasteiger partial charge in [0.25, 0.3) is 0 Å². The predicted octanol–water partition coefficient (Wildman–Crippen LogP) is 2.12. The topological polar surface area (TPSA) is 96.3 Å². The molecule has 1 aromatic rings.